The highest BCUT2D eigenvalue weighted by molar-refractivity contribution is 7.92. The molecule has 3 aromatic rings. The Morgan fingerprint density at radius 2 is 2.00 bits per heavy atom. The van der Waals surface area contributed by atoms with Crippen molar-refractivity contribution in [2.75, 3.05) is 16.2 Å². The quantitative estimate of drug-likeness (QED) is 0.606. The van der Waals surface area contributed by atoms with Crippen molar-refractivity contribution >= 4 is 44.7 Å². The molecule has 0 atom stereocenters. The molecule has 1 aromatic heterocycles. The number of aromatic nitrogens is 3. The number of nitrogens with zero attached hydrogens (tertiary/aromatic N) is 3. The van der Waals surface area contributed by atoms with Crippen LogP contribution in [0.25, 0.3) is 0 Å². The predicted molar refractivity (Wildman–Crippen MR) is 109 cm³/mol. The molecule has 2 aromatic carbocycles. The van der Waals surface area contributed by atoms with Gasteiger partial charge in [0, 0.05) is 13.1 Å². The summed E-state index contributed by atoms with van der Waals surface area (Å²) in [6.07, 6.45) is 1.72. The van der Waals surface area contributed by atoms with E-state index in [-0.39, 0.29) is 20.6 Å². The highest BCUT2D eigenvalue weighted by atomic mass is 35.5. The van der Waals surface area contributed by atoms with Gasteiger partial charge in [-0.2, -0.15) is 0 Å². The maximum Gasteiger partial charge on any atom is 0.261 e. The van der Waals surface area contributed by atoms with Crippen LogP contribution in [0.15, 0.2) is 41.3 Å². The molecular formula is C18H16Cl2FN5O2S. The molecule has 2 N–H and O–H groups in total. The third-order valence-electron chi connectivity index (χ3n) is 4.64. The second kappa shape index (κ2) is 7.81. The highest BCUT2D eigenvalue weighted by Crippen LogP contribution is 2.29. The summed E-state index contributed by atoms with van der Waals surface area (Å²) in [7, 11) is -3.99. The molecule has 11 heteroatoms. The van der Waals surface area contributed by atoms with Gasteiger partial charge in [-0.05, 0) is 48.7 Å². The van der Waals surface area contributed by atoms with Gasteiger partial charge in [0.05, 0.1) is 20.6 Å². The predicted octanol–water partition coefficient (Wildman–Crippen LogP) is 4.00. The third kappa shape index (κ3) is 4.17. The normalized spacial score (nSPS) is 14.0. The SMILES string of the molecule is O=S(=O)(Nc1cc(F)ccc1CN1CCCc2nn[nH]c21)c1ccc(Cl)c(Cl)c1. The van der Waals surface area contributed by atoms with Crippen LogP contribution in [-0.2, 0) is 23.0 Å². The van der Waals surface area contributed by atoms with E-state index >= 15 is 0 Å². The first-order valence-electron chi connectivity index (χ1n) is 8.74. The fourth-order valence-electron chi connectivity index (χ4n) is 3.21. The first-order valence-corrected chi connectivity index (χ1v) is 11.0. The van der Waals surface area contributed by atoms with Crippen molar-refractivity contribution in [1.29, 1.82) is 0 Å². The number of aryl methyl sites for hydroxylation is 1. The Morgan fingerprint density at radius 1 is 1.17 bits per heavy atom. The minimum Gasteiger partial charge on any atom is -0.351 e. The summed E-state index contributed by atoms with van der Waals surface area (Å²) in [6, 6.07) is 7.98. The Morgan fingerprint density at radius 3 is 2.79 bits per heavy atom. The van der Waals surface area contributed by atoms with Gasteiger partial charge in [0.1, 0.15) is 17.3 Å². The lowest BCUT2D eigenvalue weighted by Gasteiger charge is -2.28. The van der Waals surface area contributed by atoms with Crippen LogP contribution in [-0.4, -0.2) is 30.4 Å². The lowest BCUT2D eigenvalue weighted by atomic mass is 10.1. The molecule has 0 unspecified atom stereocenters. The van der Waals surface area contributed by atoms with Gasteiger partial charge in [0.2, 0.25) is 0 Å². The molecule has 0 amide bonds. The van der Waals surface area contributed by atoms with E-state index in [1.165, 1.54) is 24.3 Å². The molecule has 1 aliphatic heterocycles. The van der Waals surface area contributed by atoms with Crippen molar-refractivity contribution in [1.82, 2.24) is 15.4 Å². The van der Waals surface area contributed by atoms with E-state index < -0.39 is 15.8 Å². The van der Waals surface area contributed by atoms with Crippen LogP contribution in [0.5, 0.6) is 0 Å². The Kier molecular flexibility index (Phi) is 5.37. The van der Waals surface area contributed by atoms with Gasteiger partial charge in [-0.3, -0.25) is 4.72 Å². The fraction of sp³-hybridized carbons (Fsp3) is 0.222. The van der Waals surface area contributed by atoms with Gasteiger partial charge in [0.25, 0.3) is 10.0 Å². The highest BCUT2D eigenvalue weighted by Gasteiger charge is 2.23. The molecular weight excluding hydrogens is 440 g/mol. The molecule has 2 heterocycles. The Hall–Kier alpha value is -2.36. The number of H-pyrrole nitrogens is 1. The van der Waals surface area contributed by atoms with Crippen molar-refractivity contribution in [2.24, 2.45) is 0 Å². The monoisotopic (exact) mass is 455 g/mol. The van der Waals surface area contributed by atoms with Gasteiger partial charge < -0.3 is 4.90 Å². The van der Waals surface area contributed by atoms with Crippen molar-refractivity contribution in [3.8, 4) is 0 Å². The summed E-state index contributed by atoms with van der Waals surface area (Å²) >= 11 is 11.8. The zero-order valence-corrected chi connectivity index (χ0v) is 17.3. The van der Waals surface area contributed by atoms with Crippen LogP contribution in [0.2, 0.25) is 10.0 Å². The van der Waals surface area contributed by atoms with Crippen molar-refractivity contribution in [3.05, 3.63) is 63.5 Å². The maximum atomic E-state index is 13.9. The number of aromatic amines is 1. The van der Waals surface area contributed by atoms with Crippen LogP contribution in [0.3, 0.4) is 0 Å². The fourth-order valence-corrected chi connectivity index (χ4v) is 4.69. The number of hydrogen-bond acceptors (Lipinski definition) is 5. The molecule has 0 saturated heterocycles. The van der Waals surface area contributed by atoms with Crippen LogP contribution in [0.4, 0.5) is 15.9 Å². The summed E-state index contributed by atoms with van der Waals surface area (Å²) in [6.45, 7) is 1.10. The zero-order valence-electron chi connectivity index (χ0n) is 15.0. The lowest BCUT2D eigenvalue weighted by molar-refractivity contribution is 0.601. The zero-order chi connectivity index (χ0) is 20.6. The summed E-state index contributed by atoms with van der Waals surface area (Å²) in [5.74, 6) is 0.238. The van der Waals surface area contributed by atoms with Gasteiger partial charge in [-0.25, -0.2) is 17.9 Å². The minimum atomic E-state index is -3.99. The Labute approximate surface area is 176 Å². The standard InChI is InChI=1S/C18H16Cl2FN5O2S/c19-14-6-5-13(9-15(14)20)29(27,28)24-17-8-12(21)4-3-11(17)10-26-7-1-2-16-18(26)23-25-22-16/h3-6,8-9,24H,1-2,7,10H2,(H,22,23,25). The molecule has 0 spiro atoms. The van der Waals surface area contributed by atoms with Crippen LogP contribution >= 0.6 is 23.2 Å². The lowest BCUT2D eigenvalue weighted by Crippen LogP contribution is -2.29. The van der Waals surface area contributed by atoms with Crippen molar-refractivity contribution in [3.63, 3.8) is 0 Å². The molecule has 29 heavy (non-hydrogen) atoms. The second-order valence-corrected chi connectivity index (χ2v) is 9.11. The maximum absolute atomic E-state index is 13.9. The van der Waals surface area contributed by atoms with Gasteiger partial charge in [-0.15, -0.1) is 5.10 Å². The van der Waals surface area contributed by atoms with Crippen LogP contribution in [0, 0.1) is 5.82 Å². The first kappa shape index (κ1) is 19.9. The number of anilines is 2. The summed E-state index contributed by atoms with van der Waals surface area (Å²) in [5, 5.41) is 11.1. The first-order chi connectivity index (χ1) is 13.8. The number of rotatable bonds is 5. The number of halogens is 3. The average Bonchev–Trinajstić information content (AvgIpc) is 3.15. The minimum absolute atomic E-state index is 0.0693. The van der Waals surface area contributed by atoms with Crippen LogP contribution in [0.1, 0.15) is 17.7 Å². The molecule has 4 rings (SSSR count). The molecule has 7 nitrogen and oxygen atoms in total. The number of nitrogens with one attached hydrogen (secondary N) is 2. The van der Waals surface area contributed by atoms with Gasteiger partial charge >= 0.3 is 0 Å². The van der Waals surface area contributed by atoms with E-state index in [9.17, 15) is 12.8 Å². The topological polar surface area (TPSA) is 91.0 Å². The molecule has 0 fully saturated rings. The van der Waals surface area contributed by atoms with Crippen LogP contribution < -0.4 is 9.62 Å². The van der Waals surface area contributed by atoms with E-state index in [2.05, 4.69) is 20.1 Å². The number of hydrogen-bond donors (Lipinski definition) is 2. The molecule has 1 aliphatic rings. The average molecular weight is 456 g/mol. The molecule has 0 aliphatic carbocycles. The largest absolute Gasteiger partial charge is 0.351 e. The molecule has 0 radical (unpaired) electrons. The summed E-state index contributed by atoms with van der Waals surface area (Å²) < 4.78 is 42.0. The summed E-state index contributed by atoms with van der Waals surface area (Å²) in [4.78, 5) is 1.93. The van der Waals surface area contributed by atoms with Gasteiger partial charge in [-0.1, -0.05) is 34.5 Å². The van der Waals surface area contributed by atoms with Crippen molar-refractivity contribution in [2.45, 2.75) is 24.3 Å². The van der Waals surface area contributed by atoms with E-state index in [1.807, 2.05) is 4.90 Å². The number of benzene rings is 2. The van der Waals surface area contributed by atoms with Gasteiger partial charge in [0.15, 0.2) is 0 Å². The number of fused-ring (bicyclic) bond motifs is 1. The smallest absolute Gasteiger partial charge is 0.261 e. The number of sulfonamides is 1. The van der Waals surface area contributed by atoms with E-state index in [0.29, 0.717) is 12.1 Å². The molecule has 0 saturated carbocycles. The second-order valence-electron chi connectivity index (χ2n) is 6.62. The Bertz CT molecular complexity index is 1170. The third-order valence-corrected chi connectivity index (χ3v) is 6.74. The molecule has 0 bridgehead atoms. The Balaban J connectivity index is 1.65. The summed E-state index contributed by atoms with van der Waals surface area (Å²) in [5.41, 5.74) is 1.62. The van der Waals surface area contributed by atoms with E-state index in [0.717, 1.165) is 37.0 Å². The van der Waals surface area contributed by atoms with Crippen molar-refractivity contribution < 1.29 is 12.8 Å². The van der Waals surface area contributed by atoms with E-state index in [4.69, 9.17) is 23.2 Å². The molecule has 152 valence electrons. The van der Waals surface area contributed by atoms with E-state index in [1.54, 1.807) is 6.07 Å².